The third kappa shape index (κ3) is 4.34. The van der Waals surface area contributed by atoms with Crippen molar-refractivity contribution >= 4 is 5.97 Å². The van der Waals surface area contributed by atoms with Gasteiger partial charge in [-0.3, -0.25) is 9.69 Å². The number of hydrogen-bond donors (Lipinski definition) is 1. The van der Waals surface area contributed by atoms with Crippen molar-refractivity contribution in [3.8, 4) is 0 Å². The lowest BCUT2D eigenvalue weighted by Gasteiger charge is -2.31. The Balaban J connectivity index is 1.90. The van der Waals surface area contributed by atoms with E-state index < -0.39 is 5.97 Å². The van der Waals surface area contributed by atoms with Crippen LogP contribution in [0.1, 0.15) is 43.7 Å². The fourth-order valence-corrected chi connectivity index (χ4v) is 3.02. The van der Waals surface area contributed by atoms with Gasteiger partial charge in [0.05, 0.1) is 6.54 Å². The molecule has 3 nitrogen and oxygen atoms in total. The van der Waals surface area contributed by atoms with Gasteiger partial charge in [-0.2, -0.15) is 0 Å². The minimum absolute atomic E-state index is 0.183. The van der Waals surface area contributed by atoms with Gasteiger partial charge in [0.2, 0.25) is 0 Å². The van der Waals surface area contributed by atoms with E-state index in [1.807, 2.05) is 0 Å². The first-order valence-corrected chi connectivity index (χ1v) is 7.57. The van der Waals surface area contributed by atoms with Crippen LogP contribution in [-0.4, -0.2) is 35.6 Å². The lowest BCUT2D eigenvalue weighted by Crippen LogP contribution is -2.39. The summed E-state index contributed by atoms with van der Waals surface area (Å²) in [7, 11) is 0. The number of likely N-dealkylation sites (tertiary alicyclic amines) is 1. The summed E-state index contributed by atoms with van der Waals surface area (Å²) in [5.74, 6) is 0.449. The summed E-state index contributed by atoms with van der Waals surface area (Å²) in [5, 5.41) is 8.88. The molecule has 0 saturated carbocycles. The van der Waals surface area contributed by atoms with Gasteiger partial charge in [0.1, 0.15) is 0 Å². The second kappa shape index (κ2) is 6.89. The van der Waals surface area contributed by atoms with Gasteiger partial charge >= 0.3 is 5.97 Å². The van der Waals surface area contributed by atoms with E-state index >= 15 is 0 Å². The van der Waals surface area contributed by atoms with E-state index in [9.17, 15) is 4.79 Å². The number of benzene rings is 1. The molecule has 110 valence electrons. The van der Waals surface area contributed by atoms with Gasteiger partial charge in [-0.15, -0.1) is 0 Å². The summed E-state index contributed by atoms with van der Waals surface area (Å²) in [5.41, 5.74) is 2.75. The van der Waals surface area contributed by atoms with Crippen molar-refractivity contribution in [3.63, 3.8) is 0 Å². The Bertz CT molecular complexity index is 439. The van der Waals surface area contributed by atoms with Crippen molar-refractivity contribution in [2.75, 3.05) is 19.6 Å². The third-order valence-electron chi connectivity index (χ3n) is 4.13. The Labute approximate surface area is 121 Å². The van der Waals surface area contributed by atoms with E-state index in [2.05, 4.69) is 43.0 Å². The Kier molecular flexibility index (Phi) is 5.18. The smallest absolute Gasteiger partial charge is 0.317 e. The minimum Gasteiger partial charge on any atom is -0.480 e. The standard InChI is InChI=1S/C17H25NO2/c1-13(2)16-7-5-14(6-8-16)10-15-4-3-9-18(11-15)12-17(19)20/h5-8,13,15H,3-4,9-12H2,1-2H3,(H,19,20). The Hall–Kier alpha value is -1.35. The number of hydrogen-bond acceptors (Lipinski definition) is 2. The number of carboxylic acid groups (broad SMARTS) is 1. The molecule has 2 rings (SSSR count). The van der Waals surface area contributed by atoms with E-state index in [0.29, 0.717) is 11.8 Å². The lowest BCUT2D eigenvalue weighted by atomic mass is 9.90. The average Bonchev–Trinajstić information content (AvgIpc) is 2.39. The molecule has 3 heteroatoms. The Morgan fingerprint density at radius 1 is 1.35 bits per heavy atom. The van der Waals surface area contributed by atoms with Crippen LogP contribution in [0.2, 0.25) is 0 Å². The molecule has 1 unspecified atom stereocenters. The summed E-state index contributed by atoms with van der Waals surface area (Å²) in [4.78, 5) is 12.9. The van der Waals surface area contributed by atoms with Crippen molar-refractivity contribution < 1.29 is 9.90 Å². The second-order valence-corrected chi connectivity index (χ2v) is 6.24. The van der Waals surface area contributed by atoms with Crippen molar-refractivity contribution in [2.24, 2.45) is 5.92 Å². The zero-order chi connectivity index (χ0) is 14.5. The van der Waals surface area contributed by atoms with Crippen LogP contribution < -0.4 is 0 Å². The molecule has 0 aliphatic carbocycles. The predicted molar refractivity (Wildman–Crippen MR) is 81.0 cm³/mol. The maximum absolute atomic E-state index is 10.8. The number of carbonyl (C=O) groups is 1. The van der Waals surface area contributed by atoms with Gasteiger partial charge in [0.15, 0.2) is 0 Å². The molecule has 0 aromatic heterocycles. The van der Waals surface area contributed by atoms with Crippen molar-refractivity contribution in [2.45, 2.75) is 39.0 Å². The number of carboxylic acids is 1. The molecule has 1 atom stereocenters. The predicted octanol–water partition coefficient (Wildman–Crippen LogP) is 3.15. The van der Waals surface area contributed by atoms with Gasteiger partial charge in [0, 0.05) is 6.54 Å². The first-order valence-electron chi connectivity index (χ1n) is 7.57. The molecule has 0 spiro atoms. The van der Waals surface area contributed by atoms with E-state index in [-0.39, 0.29) is 6.54 Å². The first kappa shape index (κ1) is 15.0. The van der Waals surface area contributed by atoms with Crippen molar-refractivity contribution in [1.29, 1.82) is 0 Å². The highest BCUT2D eigenvalue weighted by Gasteiger charge is 2.21. The molecule has 0 radical (unpaired) electrons. The zero-order valence-corrected chi connectivity index (χ0v) is 12.5. The van der Waals surface area contributed by atoms with Crippen LogP contribution in [0.4, 0.5) is 0 Å². The molecule has 0 amide bonds. The lowest BCUT2D eigenvalue weighted by molar-refractivity contribution is -0.138. The largest absolute Gasteiger partial charge is 0.480 e. The van der Waals surface area contributed by atoms with Gasteiger partial charge in [-0.05, 0) is 48.8 Å². The van der Waals surface area contributed by atoms with Gasteiger partial charge in [-0.1, -0.05) is 38.1 Å². The second-order valence-electron chi connectivity index (χ2n) is 6.24. The molecule has 1 heterocycles. The van der Waals surface area contributed by atoms with E-state index in [1.165, 1.54) is 17.5 Å². The topological polar surface area (TPSA) is 40.5 Å². The number of piperidine rings is 1. The fraction of sp³-hybridized carbons (Fsp3) is 0.588. The normalized spacial score (nSPS) is 20.2. The Morgan fingerprint density at radius 3 is 2.65 bits per heavy atom. The first-order chi connectivity index (χ1) is 9.54. The van der Waals surface area contributed by atoms with E-state index in [4.69, 9.17) is 5.11 Å². The summed E-state index contributed by atoms with van der Waals surface area (Å²) < 4.78 is 0. The third-order valence-corrected chi connectivity index (χ3v) is 4.13. The molecular formula is C17H25NO2. The van der Waals surface area contributed by atoms with Crippen molar-refractivity contribution in [3.05, 3.63) is 35.4 Å². The molecule has 0 bridgehead atoms. The molecular weight excluding hydrogens is 250 g/mol. The summed E-state index contributed by atoms with van der Waals surface area (Å²) in [6, 6.07) is 8.90. The van der Waals surface area contributed by atoms with Crippen LogP contribution in [-0.2, 0) is 11.2 Å². The van der Waals surface area contributed by atoms with Crippen LogP contribution >= 0.6 is 0 Å². The Morgan fingerprint density at radius 2 is 2.05 bits per heavy atom. The van der Waals surface area contributed by atoms with Crippen LogP contribution in [0.3, 0.4) is 0 Å². The van der Waals surface area contributed by atoms with Crippen LogP contribution in [0.5, 0.6) is 0 Å². The van der Waals surface area contributed by atoms with E-state index in [0.717, 1.165) is 25.9 Å². The molecule has 1 aliphatic heterocycles. The summed E-state index contributed by atoms with van der Waals surface area (Å²) in [6.45, 7) is 6.44. The number of aliphatic carboxylic acids is 1. The average molecular weight is 275 g/mol. The molecule has 1 aromatic carbocycles. The maximum Gasteiger partial charge on any atom is 0.317 e. The number of rotatable bonds is 5. The molecule has 20 heavy (non-hydrogen) atoms. The monoisotopic (exact) mass is 275 g/mol. The molecule has 1 aromatic rings. The summed E-state index contributed by atoms with van der Waals surface area (Å²) >= 11 is 0. The molecule has 1 aliphatic rings. The molecule has 1 N–H and O–H groups in total. The highest BCUT2D eigenvalue weighted by atomic mass is 16.4. The summed E-state index contributed by atoms with van der Waals surface area (Å²) in [6.07, 6.45) is 3.39. The molecule has 1 saturated heterocycles. The highest BCUT2D eigenvalue weighted by Crippen LogP contribution is 2.22. The van der Waals surface area contributed by atoms with Crippen LogP contribution in [0, 0.1) is 5.92 Å². The van der Waals surface area contributed by atoms with Gasteiger partial charge < -0.3 is 5.11 Å². The SMILES string of the molecule is CC(C)c1ccc(CC2CCCN(CC(=O)O)C2)cc1. The van der Waals surface area contributed by atoms with Crippen LogP contribution in [0.15, 0.2) is 24.3 Å². The van der Waals surface area contributed by atoms with Gasteiger partial charge in [0.25, 0.3) is 0 Å². The van der Waals surface area contributed by atoms with E-state index in [1.54, 1.807) is 0 Å². The molecule has 1 fully saturated rings. The fourth-order valence-electron chi connectivity index (χ4n) is 3.02. The maximum atomic E-state index is 10.8. The minimum atomic E-state index is -0.716. The quantitative estimate of drug-likeness (QED) is 0.897. The zero-order valence-electron chi connectivity index (χ0n) is 12.5. The van der Waals surface area contributed by atoms with Gasteiger partial charge in [-0.25, -0.2) is 0 Å². The van der Waals surface area contributed by atoms with Crippen molar-refractivity contribution in [1.82, 2.24) is 4.90 Å². The highest BCUT2D eigenvalue weighted by molar-refractivity contribution is 5.69. The number of nitrogens with zero attached hydrogens (tertiary/aromatic N) is 1. The van der Waals surface area contributed by atoms with Crippen LogP contribution in [0.25, 0.3) is 0 Å².